The van der Waals surface area contributed by atoms with Crippen LogP contribution in [0.3, 0.4) is 0 Å². The summed E-state index contributed by atoms with van der Waals surface area (Å²) in [6.45, 7) is 2.79. The van der Waals surface area contributed by atoms with Crippen molar-refractivity contribution in [1.82, 2.24) is 14.6 Å². The fourth-order valence-corrected chi connectivity index (χ4v) is 4.04. The molecule has 0 saturated heterocycles. The predicted octanol–water partition coefficient (Wildman–Crippen LogP) is 4.08. The van der Waals surface area contributed by atoms with Crippen LogP contribution in [0.5, 0.6) is 11.5 Å². The molecule has 0 bridgehead atoms. The van der Waals surface area contributed by atoms with Crippen LogP contribution in [0.2, 0.25) is 0 Å². The van der Waals surface area contributed by atoms with Crippen LogP contribution in [0.4, 0.5) is 4.39 Å². The zero-order chi connectivity index (χ0) is 21.8. The van der Waals surface area contributed by atoms with Gasteiger partial charge >= 0.3 is 0 Å². The third-order valence-electron chi connectivity index (χ3n) is 4.78. The van der Waals surface area contributed by atoms with Gasteiger partial charge in [-0.05, 0) is 54.5 Å². The Kier molecular flexibility index (Phi) is 6.27. The molecule has 2 aromatic heterocycles. The zero-order valence-corrected chi connectivity index (χ0v) is 18.1. The predicted molar refractivity (Wildman–Crippen MR) is 119 cm³/mol. The summed E-state index contributed by atoms with van der Waals surface area (Å²) in [7, 11) is 1.59. The van der Waals surface area contributed by atoms with E-state index in [9.17, 15) is 9.18 Å². The molecule has 0 aliphatic heterocycles. The van der Waals surface area contributed by atoms with Gasteiger partial charge in [-0.2, -0.15) is 9.50 Å². The molecule has 0 radical (unpaired) electrons. The maximum absolute atomic E-state index is 13.1. The van der Waals surface area contributed by atoms with Crippen molar-refractivity contribution in [2.75, 3.05) is 13.7 Å². The van der Waals surface area contributed by atoms with Gasteiger partial charge in [0.25, 0.3) is 5.56 Å². The van der Waals surface area contributed by atoms with Crippen molar-refractivity contribution < 1.29 is 13.9 Å². The van der Waals surface area contributed by atoms with E-state index in [-0.39, 0.29) is 11.4 Å². The summed E-state index contributed by atoms with van der Waals surface area (Å²) in [6, 6.07) is 11.4. The minimum Gasteiger partial charge on any atom is -0.493 e. The Bertz CT molecular complexity index is 1300. The second-order valence-corrected chi connectivity index (χ2v) is 8.03. The molecule has 0 saturated carbocycles. The number of benzene rings is 2. The molecule has 0 N–H and O–H groups in total. The van der Waals surface area contributed by atoms with Gasteiger partial charge in [0.1, 0.15) is 5.82 Å². The van der Waals surface area contributed by atoms with Gasteiger partial charge < -0.3 is 9.47 Å². The second-order valence-electron chi connectivity index (χ2n) is 7.02. The topological polar surface area (TPSA) is 65.7 Å². The van der Waals surface area contributed by atoms with Crippen LogP contribution in [0.1, 0.15) is 31.7 Å². The summed E-state index contributed by atoms with van der Waals surface area (Å²) in [6.07, 6.45) is 5.04. The summed E-state index contributed by atoms with van der Waals surface area (Å²) in [5.74, 6) is 1.36. The van der Waals surface area contributed by atoms with Crippen LogP contribution in [-0.4, -0.2) is 28.3 Å². The summed E-state index contributed by atoms with van der Waals surface area (Å²) in [5.41, 5.74) is 1.22. The second kappa shape index (κ2) is 9.26. The SMILES string of the molecule is CCCCCOc1ccc(/C=c2\sc3nc(-c4ccc(F)cc4)nn3c2=O)cc1OC. The average Bonchev–Trinajstić information content (AvgIpc) is 3.32. The van der Waals surface area contributed by atoms with E-state index in [0.717, 1.165) is 24.8 Å². The molecule has 0 fully saturated rings. The van der Waals surface area contributed by atoms with Gasteiger partial charge in [0.05, 0.1) is 18.2 Å². The standard InChI is InChI=1S/C23H22FN3O3S/c1-3-4-5-12-30-18-11-6-15(13-19(18)29-2)14-20-22(28)27-23(31-20)25-21(26-27)16-7-9-17(24)10-8-16/h6-11,13-14H,3-5,12H2,1-2H3/b20-14-. The average molecular weight is 440 g/mol. The monoisotopic (exact) mass is 439 g/mol. The van der Waals surface area contributed by atoms with Gasteiger partial charge in [-0.1, -0.05) is 37.2 Å². The number of hydrogen-bond donors (Lipinski definition) is 0. The number of thiazole rings is 1. The highest BCUT2D eigenvalue weighted by Gasteiger charge is 2.12. The Hall–Kier alpha value is -3.26. The van der Waals surface area contributed by atoms with Crippen molar-refractivity contribution in [2.45, 2.75) is 26.2 Å². The van der Waals surface area contributed by atoms with E-state index in [4.69, 9.17) is 9.47 Å². The summed E-state index contributed by atoms with van der Waals surface area (Å²) in [5, 5.41) is 4.29. The van der Waals surface area contributed by atoms with Gasteiger partial charge in [0.15, 0.2) is 17.3 Å². The Labute approximate surface area is 182 Å². The number of aromatic nitrogens is 3. The molecule has 2 aromatic carbocycles. The van der Waals surface area contributed by atoms with E-state index in [1.807, 2.05) is 18.2 Å². The molecule has 160 valence electrons. The maximum atomic E-state index is 13.1. The molecule has 4 rings (SSSR count). The number of unbranched alkanes of at least 4 members (excludes halogenated alkanes) is 2. The third-order valence-corrected chi connectivity index (χ3v) is 5.73. The van der Waals surface area contributed by atoms with Crippen molar-refractivity contribution in [3.8, 4) is 22.9 Å². The molecule has 0 unspecified atom stereocenters. The highest BCUT2D eigenvalue weighted by atomic mass is 32.1. The summed E-state index contributed by atoms with van der Waals surface area (Å²) >= 11 is 1.25. The van der Waals surface area contributed by atoms with E-state index in [2.05, 4.69) is 17.0 Å². The minimum atomic E-state index is -0.334. The lowest BCUT2D eigenvalue weighted by molar-refractivity contribution is 0.286. The van der Waals surface area contributed by atoms with Crippen LogP contribution in [0, 0.1) is 5.82 Å². The maximum Gasteiger partial charge on any atom is 0.291 e. The molecule has 31 heavy (non-hydrogen) atoms. The summed E-state index contributed by atoms with van der Waals surface area (Å²) < 4.78 is 26.2. The first-order valence-corrected chi connectivity index (χ1v) is 10.9. The molecule has 2 heterocycles. The molecule has 0 spiro atoms. The van der Waals surface area contributed by atoms with Gasteiger partial charge in [0, 0.05) is 5.56 Å². The first-order valence-electron chi connectivity index (χ1n) is 10.1. The molecular formula is C23H22FN3O3S. The van der Waals surface area contributed by atoms with Crippen LogP contribution >= 0.6 is 11.3 Å². The largest absolute Gasteiger partial charge is 0.493 e. The van der Waals surface area contributed by atoms with Crippen LogP contribution in [0.15, 0.2) is 47.3 Å². The van der Waals surface area contributed by atoms with Crippen molar-refractivity contribution >= 4 is 22.4 Å². The van der Waals surface area contributed by atoms with Gasteiger partial charge in [-0.3, -0.25) is 4.79 Å². The third kappa shape index (κ3) is 4.59. The van der Waals surface area contributed by atoms with Crippen LogP contribution in [0.25, 0.3) is 22.4 Å². The van der Waals surface area contributed by atoms with E-state index < -0.39 is 0 Å². The van der Waals surface area contributed by atoms with Crippen molar-refractivity contribution in [1.29, 1.82) is 0 Å². The molecule has 0 aliphatic carbocycles. The highest BCUT2D eigenvalue weighted by Crippen LogP contribution is 2.28. The highest BCUT2D eigenvalue weighted by molar-refractivity contribution is 7.15. The molecule has 4 aromatic rings. The van der Waals surface area contributed by atoms with E-state index in [0.29, 0.717) is 39.0 Å². The number of hydrogen-bond acceptors (Lipinski definition) is 6. The first-order chi connectivity index (χ1) is 15.1. The Balaban J connectivity index is 1.61. The molecular weight excluding hydrogens is 417 g/mol. The molecule has 0 atom stereocenters. The fraction of sp³-hybridized carbons (Fsp3) is 0.261. The Morgan fingerprint density at radius 3 is 2.65 bits per heavy atom. The Morgan fingerprint density at radius 1 is 1.13 bits per heavy atom. The number of ether oxygens (including phenoxy) is 2. The number of rotatable bonds is 8. The molecule has 8 heteroatoms. The van der Waals surface area contributed by atoms with Crippen LogP contribution in [-0.2, 0) is 0 Å². The lowest BCUT2D eigenvalue weighted by Gasteiger charge is -2.11. The smallest absolute Gasteiger partial charge is 0.291 e. The quantitative estimate of drug-likeness (QED) is 0.387. The number of methoxy groups -OCH3 is 1. The number of fused-ring (bicyclic) bond motifs is 1. The fourth-order valence-electron chi connectivity index (χ4n) is 3.13. The van der Waals surface area contributed by atoms with Crippen LogP contribution < -0.4 is 19.6 Å². The first kappa shape index (κ1) is 21.0. The number of halogens is 1. The molecule has 6 nitrogen and oxygen atoms in total. The van der Waals surface area contributed by atoms with Gasteiger partial charge in [0.2, 0.25) is 4.96 Å². The van der Waals surface area contributed by atoms with Gasteiger partial charge in [-0.15, -0.1) is 5.10 Å². The molecule has 0 aliphatic rings. The van der Waals surface area contributed by atoms with Gasteiger partial charge in [-0.25, -0.2) is 4.39 Å². The number of nitrogens with zero attached hydrogens (tertiary/aromatic N) is 3. The van der Waals surface area contributed by atoms with Crippen molar-refractivity contribution in [2.24, 2.45) is 0 Å². The normalized spacial score (nSPS) is 11.9. The van der Waals surface area contributed by atoms with E-state index in [1.165, 1.54) is 28.0 Å². The van der Waals surface area contributed by atoms with Crippen molar-refractivity contribution in [3.63, 3.8) is 0 Å². The minimum absolute atomic E-state index is 0.250. The molecule has 0 amide bonds. The van der Waals surface area contributed by atoms with Crippen molar-refractivity contribution in [3.05, 3.63) is 68.7 Å². The van der Waals surface area contributed by atoms with E-state index in [1.54, 1.807) is 25.3 Å². The Morgan fingerprint density at radius 2 is 1.94 bits per heavy atom. The summed E-state index contributed by atoms with van der Waals surface area (Å²) in [4.78, 5) is 17.7. The zero-order valence-electron chi connectivity index (χ0n) is 17.3. The lowest BCUT2D eigenvalue weighted by Crippen LogP contribution is -2.23. The lowest BCUT2D eigenvalue weighted by atomic mass is 10.2. The van der Waals surface area contributed by atoms with E-state index >= 15 is 0 Å².